The predicted octanol–water partition coefficient (Wildman–Crippen LogP) is 5.50. The van der Waals surface area contributed by atoms with Gasteiger partial charge in [-0.15, -0.1) is 0 Å². The number of anilines is 1. The van der Waals surface area contributed by atoms with Crippen LogP contribution in [-0.2, 0) is 11.2 Å². The molecule has 0 spiro atoms. The molecule has 6 heteroatoms. The van der Waals surface area contributed by atoms with Crippen LogP contribution in [-0.4, -0.2) is 21.7 Å². The molecule has 1 amide bonds. The smallest absolute Gasteiger partial charge is 0.224 e. The summed E-state index contributed by atoms with van der Waals surface area (Å²) in [6.45, 7) is 3.66. The van der Waals surface area contributed by atoms with Crippen LogP contribution in [0.2, 0.25) is 0 Å². The van der Waals surface area contributed by atoms with Crippen LogP contribution in [0, 0.1) is 5.82 Å². The summed E-state index contributed by atoms with van der Waals surface area (Å²) in [4.78, 5) is 14.2. The van der Waals surface area contributed by atoms with Crippen LogP contribution in [0.25, 0.3) is 11.1 Å². The van der Waals surface area contributed by atoms with Crippen molar-refractivity contribution in [3.63, 3.8) is 0 Å². The van der Waals surface area contributed by atoms with E-state index >= 15 is 0 Å². The second kappa shape index (κ2) is 7.27. The van der Waals surface area contributed by atoms with E-state index in [1.54, 1.807) is 19.1 Å². The molecule has 30 heavy (non-hydrogen) atoms. The molecule has 2 aliphatic rings. The minimum Gasteiger partial charge on any atom is -0.456 e. The van der Waals surface area contributed by atoms with Gasteiger partial charge in [-0.3, -0.25) is 9.48 Å². The molecule has 2 heterocycles. The Morgan fingerprint density at radius 2 is 1.90 bits per heavy atom. The second-order valence-electron chi connectivity index (χ2n) is 8.21. The molecule has 1 fully saturated rings. The Morgan fingerprint density at radius 1 is 1.13 bits per heavy atom. The molecule has 0 bridgehead atoms. The van der Waals surface area contributed by atoms with Crippen molar-refractivity contribution in [2.45, 2.75) is 51.6 Å². The molecule has 3 aromatic rings. The third-order valence-corrected chi connectivity index (χ3v) is 5.95. The summed E-state index contributed by atoms with van der Waals surface area (Å²) in [7, 11) is 0. The van der Waals surface area contributed by atoms with Gasteiger partial charge in [0.25, 0.3) is 0 Å². The van der Waals surface area contributed by atoms with E-state index in [0.717, 1.165) is 48.1 Å². The molecule has 5 nitrogen and oxygen atoms in total. The topological polar surface area (TPSA) is 47.4 Å². The van der Waals surface area contributed by atoms with Gasteiger partial charge < -0.3 is 9.64 Å². The number of nitrogens with zero attached hydrogens (tertiary/aromatic N) is 3. The lowest BCUT2D eigenvalue weighted by Gasteiger charge is -2.36. The van der Waals surface area contributed by atoms with E-state index in [0.29, 0.717) is 17.5 Å². The van der Waals surface area contributed by atoms with Crippen molar-refractivity contribution in [1.82, 2.24) is 9.78 Å². The summed E-state index contributed by atoms with van der Waals surface area (Å²) < 4.78 is 21.7. The number of rotatable bonds is 4. The van der Waals surface area contributed by atoms with E-state index in [-0.39, 0.29) is 17.8 Å². The first-order valence-corrected chi connectivity index (χ1v) is 10.4. The Balaban J connectivity index is 1.64. The molecule has 1 atom stereocenters. The highest BCUT2D eigenvalue weighted by Crippen LogP contribution is 2.45. The van der Waals surface area contributed by atoms with Gasteiger partial charge in [-0.2, -0.15) is 5.10 Å². The van der Waals surface area contributed by atoms with Gasteiger partial charge in [-0.1, -0.05) is 0 Å². The maximum absolute atomic E-state index is 13.4. The maximum atomic E-state index is 13.4. The molecule has 1 aliphatic carbocycles. The third-order valence-electron chi connectivity index (χ3n) is 5.95. The zero-order valence-electron chi connectivity index (χ0n) is 17.1. The normalized spacial score (nSPS) is 18.2. The van der Waals surface area contributed by atoms with Gasteiger partial charge in [-0.05, 0) is 69.0 Å². The third kappa shape index (κ3) is 3.36. The fourth-order valence-electron chi connectivity index (χ4n) is 4.26. The number of benzene rings is 2. The number of fused-ring (bicyclic) bond motifs is 1. The van der Waals surface area contributed by atoms with Gasteiger partial charge in [0.2, 0.25) is 5.91 Å². The lowest BCUT2D eigenvalue weighted by molar-refractivity contribution is -0.117. The zero-order valence-corrected chi connectivity index (χ0v) is 17.1. The average Bonchev–Trinajstić information content (AvgIpc) is 3.46. The molecule has 0 saturated heterocycles. The van der Waals surface area contributed by atoms with E-state index < -0.39 is 0 Å². The van der Waals surface area contributed by atoms with Crippen LogP contribution in [0.15, 0.2) is 48.8 Å². The molecule has 154 valence electrons. The Kier molecular flexibility index (Phi) is 4.57. The Labute approximate surface area is 175 Å². The van der Waals surface area contributed by atoms with Crippen molar-refractivity contribution < 1.29 is 13.9 Å². The second-order valence-corrected chi connectivity index (χ2v) is 8.21. The lowest BCUT2D eigenvalue weighted by atomic mass is 9.92. The lowest BCUT2D eigenvalue weighted by Crippen LogP contribution is -2.40. The number of amides is 1. The summed E-state index contributed by atoms with van der Waals surface area (Å²) in [5.74, 6) is 0.992. The molecule has 5 rings (SSSR count). The zero-order chi connectivity index (χ0) is 20.8. The summed E-state index contributed by atoms with van der Waals surface area (Å²) in [5, 5.41) is 4.53. The fraction of sp³-hybridized carbons (Fsp3) is 0.333. The number of carbonyl (C=O) groups is 1. The molecular weight excluding hydrogens is 381 g/mol. The van der Waals surface area contributed by atoms with Crippen LogP contribution < -0.4 is 9.64 Å². The van der Waals surface area contributed by atoms with E-state index in [1.165, 1.54) is 12.1 Å². The van der Waals surface area contributed by atoms with E-state index in [9.17, 15) is 9.18 Å². The average molecular weight is 405 g/mol. The Hall–Kier alpha value is -3.15. The van der Waals surface area contributed by atoms with E-state index in [4.69, 9.17) is 4.74 Å². The minimum absolute atomic E-state index is 0.0190. The van der Waals surface area contributed by atoms with Gasteiger partial charge >= 0.3 is 0 Å². The van der Waals surface area contributed by atoms with Crippen molar-refractivity contribution >= 4 is 11.6 Å². The first kappa shape index (κ1) is 18.9. The van der Waals surface area contributed by atoms with Gasteiger partial charge in [-0.25, -0.2) is 4.39 Å². The molecule has 1 aromatic heterocycles. The minimum atomic E-state index is -0.306. The summed E-state index contributed by atoms with van der Waals surface area (Å²) in [6, 6.07) is 10.7. The monoisotopic (exact) mass is 405 g/mol. The summed E-state index contributed by atoms with van der Waals surface area (Å²) >= 11 is 0. The van der Waals surface area contributed by atoms with Gasteiger partial charge in [0.05, 0.1) is 17.9 Å². The van der Waals surface area contributed by atoms with Crippen molar-refractivity contribution in [3.8, 4) is 22.6 Å². The van der Waals surface area contributed by atoms with Crippen molar-refractivity contribution in [2.24, 2.45) is 0 Å². The highest BCUT2D eigenvalue weighted by molar-refractivity contribution is 5.95. The number of hydrogen-bond acceptors (Lipinski definition) is 3. The van der Waals surface area contributed by atoms with E-state index in [1.807, 2.05) is 27.9 Å². The van der Waals surface area contributed by atoms with Crippen molar-refractivity contribution in [3.05, 3.63) is 60.2 Å². The molecule has 0 radical (unpaired) electrons. The highest BCUT2D eigenvalue weighted by atomic mass is 19.1. The molecule has 0 unspecified atom stereocenters. The standard InChI is InChI=1S/C24H24FN3O2/c1-15-3-10-22-23(28(15)16(2)29)12-11-21(17-13-26-27(14-17)19-6-7-19)24(22)30-20-8-4-18(25)5-9-20/h4-5,8-9,11-15,19H,3,6-7,10H2,1-2H3/t15-/m0/s1. The van der Waals surface area contributed by atoms with Crippen LogP contribution in [0.1, 0.15) is 44.7 Å². The molecule has 1 saturated carbocycles. The summed E-state index contributed by atoms with van der Waals surface area (Å²) in [5.41, 5.74) is 3.80. The number of aromatic nitrogens is 2. The number of halogens is 1. The van der Waals surface area contributed by atoms with Gasteiger partial charge in [0.15, 0.2) is 0 Å². The molecule has 1 aliphatic heterocycles. The molecule has 0 N–H and O–H groups in total. The van der Waals surface area contributed by atoms with E-state index in [2.05, 4.69) is 18.2 Å². The van der Waals surface area contributed by atoms with Crippen molar-refractivity contribution in [2.75, 3.05) is 4.90 Å². The van der Waals surface area contributed by atoms with Gasteiger partial charge in [0, 0.05) is 35.9 Å². The van der Waals surface area contributed by atoms with Crippen molar-refractivity contribution in [1.29, 1.82) is 0 Å². The number of hydrogen-bond donors (Lipinski definition) is 0. The quantitative estimate of drug-likeness (QED) is 0.575. The van der Waals surface area contributed by atoms with Crippen LogP contribution in [0.5, 0.6) is 11.5 Å². The number of ether oxygens (including phenoxy) is 1. The van der Waals surface area contributed by atoms with Gasteiger partial charge in [0.1, 0.15) is 17.3 Å². The van der Waals surface area contributed by atoms with Crippen LogP contribution in [0.3, 0.4) is 0 Å². The number of carbonyl (C=O) groups excluding carboxylic acids is 1. The first-order chi connectivity index (χ1) is 14.5. The van der Waals surface area contributed by atoms with Crippen LogP contribution >= 0.6 is 0 Å². The van der Waals surface area contributed by atoms with Crippen LogP contribution in [0.4, 0.5) is 10.1 Å². The Morgan fingerprint density at radius 3 is 2.60 bits per heavy atom. The highest BCUT2D eigenvalue weighted by Gasteiger charge is 2.31. The first-order valence-electron chi connectivity index (χ1n) is 10.4. The molecule has 2 aromatic carbocycles. The largest absolute Gasteiger partial charge is 0.456 e. The molecular formula is C24H24FN3O2. The summed E-state index contributed by atoms with van der Waals surface area (Å²) in [6.07, 6.45) is 7.92. The fourth-order valence-corrected chi connectivity index (χ4v) is 4.26. The SMILES string of the molecule is CC(=O)N1c2ccc(-c3cnn(C4CC4)c3)c(Oc3ccc(F)cc3)c2CC[C@@H]1C. The Bertz CT molecular complexity index is 1100. The maximum Gasteiger partial charge on any atom is 0.224 e. The predicted molar refractivity (Wildman–Crippen MR) is 113 cm³/mol.